The minimum atomic E-state index is -0.701. The third-order valence-electron chi connectivity index (χ3n) is 4.50. The average molecular weight is 268 g/mol. The van der Waals surface area contributed by atoms with E-state index in [-0.39, 0.29) is 18.0 Å². The number of nitrogens with zero attached hydrogens (tertiary/aromatic N) is 1. The normalized spacial score (nSPS) is 30.9. The molecule has 1 heterocycles. The number of carbonyl (C=O) groups excluding carboxylic acids is 1. The first-order valence-electron chi connectivity index (χ1n) is 7.29. The lowest BCUT2D eigenvalue weighted by atomic mass is 9.86. The summed E-state index contributed by atoms with van der Waals surface area (Å²) < 4.78 is 0. The molecule has 1 atom stereocenters. The third kappa shape index (κ3) is 3.19. The van der Waals surface area contributed by atoms with Crippen LogP contribution < -0.4 is 5.32 Å². The fraction of sp³-hybridized carbons (Fsp3) is 0.857. The van der Waals surface area contributed by atoms with Gasteiger partial charge in [0.2, 0.25) is 0 Å². The number of amides is 2. The van der Waals surface area contributed by atoms with Crippen LogP contribution in [0.3, 0.4) is 0 Å². The fourth-order valence-electron chi connectivity index (χ4n) is 3.09. The topological polar surface area (TPSA) is 69.6 Å². The molecule has 2 amide bonds. The summed E-state index contributed by atoms with van der Waals surface area (Å²) in [6.07, 6.45) is 4.00. The maximum absolute atomic E-state index is 12.1. The Bertz CT molecular complexity index is 349. The number of aliphatic carboxylic acids is 1. The van der Waals surface area contributed by atoms with E-state index >= 15 is 0 Å². The van der Waals surface area contributed by atoms with Crippen LogP contribution in [0.1, 0.15) is 46.0 Å². The van der Waals surface area contributed by atoms with Crippen LogP contribution >= 0.6 is 0 Å². The van der Waals surface area contributed by atoms with Crippen LogP contribution in [0.5, 0.6) is 0 Å². The summed E-state index contributed by atoms with van der Waals surface area (Å²) in [4.78, 5) is 24.9. The number of carboxylic acid groups (broad SMARTS) is 1. The number of likely N-dealkylation sites (tertiary alicyclic amines) is 1. The first-order chi connectivity index (χ1) is 8.99. The average Bonchev–Trinajstić information content (AvgIpc) is 2.27. The van der Waals surface area contributed by atoms with E-state index in [1.807, 2.05) is 4.90 Å². The summed E-state index contributed by atoms with van der Waals surface area (Å²) in [7, 11) is 0. The summed E-state index contributed by atoms with van der Waals surface area (Å²) in [6, 6.07) is 0.551. The van der Waals surface area contributed by atoms with Crippen molar-refractivity contribution in [1.29, 1.82) is 0 Å². The summed E-state index contributed by atoms with van der Waals surface area (Å²) in [6.45, 7) is 5.13. The Morgan fingerprint density at radius 2 is 1.79 bits per heavy atom. The van der Waals surface area contributed by atoms with E-state index in [1.54, 1.807) is 0 Å². The van der Waals surface area contributed by atoms with Crippen molar-refractivity contribution in [3.63, 3.8) is 0 Å². The highest BCUT2D eigenvalue weighted by Crippen LogP contribution is 2.27. The monoisotopic (exact) mass is 268 g/mol. The smallest absolute Gasteiger partial charge is 0.317 e. The van der Waals surface area contributed by atoms with Crippen molar-refractivity contribution < 1.29 is 14.7 Å². The molecular formula is C14H24N2O3. The standard InChI is InChI=1S/C14H24N2O3/c1-9(2)12-7-8-16(12)14(19)15-11-5-3-10(4-6-11)13(17)18/h9-12H,3-8H2,1-2H3,(H,15,19)(H,17,18). The van der Waals surface area contributed by atoms with Gasteiger partial charge in [-0.2, -0.15) is 0 Å². The van der Waals surface area contributed by atoms with E-state index in [2.05, 4.69) is 19.2 Å². The second-order valence-corrected chi connectivity index (χ2v) is 6.13. The molecule has 5 heteroatoms. The molecule has 108 valence electrons. The maximum atomic E-state index is 12.1. The second kappa shape index (κ2) is 5.80. The van der Waals surface area contributed by atoms with Crippen LogP contribution in [-0.2, 0) is 4.79 Å². The van der Waals surface area contributed by atoms with Gasteiger partial charge in [0, 0.05) is 18.6 Å². The van der Waals surface area contributed by atoms with Gasteiger partial charge in [0.1, 0.15) is 0 Å². The van der Waals surface area contributed by atoms with Crippen LogP contribution in [0, 0.1) is 11.8 Å². The molecule has 1 saturated heterocycles. The Labute approximate surface area is 114 Å². The van der Waals surface area contributed by atoms with E-state index < -0.39 is 5.97 Å². The molecular weight excluding hydrogens is 244 g/mol. The van der Waals surface area contributed by atoms with Crippen molar-refractivity contribution in [2.75, 3.05) is 6.54 Å². The molecule has 1 aliphatic heterocycles. The molecule has 0 aromatic rings. The molecule has 2 aliphatic rings. The first kappa shape index (κ1) is 14.2. The van der Waals surface area contributed by atoms with Gasteiger partial charge in [-0.3, -0.25) is 4.79 Å². The van der Waals surface area contributed by atoms with Gasteiger partial charge < -0.3 is 15.3 Å². The molecule has 0 aromatic heterocycles. The Morgan fingerprint density at radius 3 is 2.21 bits per heavy atom. The summed E-state index contributed by atoms with van der Waals surface area (Å²) in [5, 5.41) is 12.0. The Balaban J connectivity index is 1.76. The van der Waals surface area contributed by atoms with Gasteiger partial charge in [-0.25, -0.2) is 4.79 Å². The van der Waals surface area contributed by atoms with Crippen LogP contribution in [0.4, 0.5) is 4.79 Å². The first-order valence-corrected chi connectivity index (χ1v) is 7.29. The van der Waals surface area contributed by atoms with Crippen LogP contribution in [0.15, 0.2) is 0 Å². The number of urea groups is 1. The second-order valence-electron chi connectivity index (χ2n) is 6.13. The van der Waals surface area contributed by atoms with Crippen molar-refractivity contribution in [3.8, 4) is 0 Å². The molecule has 2 rings (SSSR count). The lowest BCUT2D eigenvalue weighted by Crippen LogP contribution is -2.58. The molecule has 1 unspecified atom stereocenters. The van der Waals surface area contributed by atoms with E-state index in [0.29, 0.717) is 24.8 Å². The van der Waals surface area contributed by atoms with Crippen molar-refractivity contribution in [1.82, 2.24) is 10.2 Å². The quantitative estimate of drug-likeness (QED) is 0.823. The van der Waals surface area contributed by atoms with E-state index in [4.69, 9.17) is 5.11 Å². The number of rotatable bonds is 3. The number of nitrogens with one attached hydrogen (secondary N) is 1. The summed E-state index contributed by atoms with van der Waals surface area (Å²) >= 11 is 0. The highest BCUT2D eigenvalue weighted by molar-refractivity contribution is 5.76. The van der Waals surface area contributed by atoms with E-state index in [0.717, 1.165) is 25.8 Å². The lowest BCUT2D eigenvalue weighted by Gasteiger charge is -2.44. The van der Waals surface area contributed by atoms with Gasteiger partial charge in [-0.05, 0) is 38.0 Å². The zero-order valence-electron chi connectivity index (χ0n) is 11.8. The number of hydrogen-bond donors (Lipinski definition) is 2. The van der Waals surface area contributed by atoms with Crippen molar-refractivity contribution in [2.45, 2.75) is 58.0 Å². The molecule has 2 fully saturated rings. The van der Waals surface area contributed by atoms with E-state index in [9.17, 15) is 9.59 Å². The van der Waals surface area contributed by atoms with Crippen LogP contribution in [0.2, 0.25) is 0 Å². The largest absolute Gasteiger partial charge is 0.481 e. The zero-order chi connectivity index (χ0) is 14.0. The molecule has 2 N–H and O–H groups in total. The Hall–Kier alpha value is -1.26. The van der Waals surface area contributed by atoms with Crippen LogP contribution in [0.25, 0.3) is 0 Å². The van der Waals surface area contributed by atoms with Crippen LogP contribution in [-0.4, -0.2) is 40.6 Å². The molecule has 1 saturated carbocycles. The molecule has 19 heavy (non-hydrogen) atoms. The molecule has 0 spiro atoms. The molecule has 5 nitrogen and oxygen atoms in total. The predicted octanol–water partition coefficient (Wildman–Crippen LogP) is 2.07. The number of hydrogen-bond acceptors (Lipinski definition) is 2. The Kier molecular flexibility index (Phi) is 4.32. The molecule has 1 aliphatic carbocycles. The van der Waals surface area contributed by atoms with E-state index in [1.165, 1.54) is 0 Å². The number of carbonyl (C=O) groups is 2. The SMILES string of the molecule is CC(C)C1CCN1C(=O)NC1CCC(C(=O)O)CC1. The summed E-state index contributed by atoms with van der Waals surface area (Å²) in [5.41, 5.74) is 0. The van der Waals surface area contributed by atoms with Crippen molar-refractivity contribution in [2.24, 2.45) is 11.8 Å². The van der Waals surface area contributed by atoms with Gasteiger partial charge in [-0.15, -0.1) is 0 Å². The molecule has 0 bridgehead atoms. The molecule has 0 aromatic carbocycles. The van der Waals surface area contributed by atoms with Crippen molar-refractivity contribution >= 4 is 12.0 Å². The predicted molar refractivity (Wildman–Crippen MR) is 71.9 cm³/mol. The summed E-state index contributed by atoms with van der Waals surface area (Å²) in [5.74, 6) is -0.421. The maximum Gasteiger partial charge on any atom is 0.317 e. The van der Waals surface area contributed by atoms with Crippen molar-refractivity contribution in [3.05, 3.63) is 0 Å². The van der Waals surface area contributed by atoms with Gasteiger partial charge in [0.25, 0.3) is 0 Å². The Morgan fingerprint density at radius 1 is 1.16 bits per heavy atom. The fourth-order valence-corrected chi connectivity index (χ4v) is 3.09. The lowest BCUT2D eigenvalue weighted by molar-refractivity contribution is -0.142. The molecule has 0 radical (unpaired) electrons. The zero-order valence-corrected chi connectivity index (χ0v) is 11.8. The highest BCUT2D eigenvalue weighted by Gasteiger charge is 2.35. The minimum absolute atomic E-state index is 0.0312. The number of carboxylic acids is 1. The van der Waals surface area contributed by atoms with Gasteiger partial charge >= 0.3 is 12.0 Å². The van der Waals surface area contributed by atoms with Gasteiger partial charge in [0.05, 0.1) is 5.92 Å². The minimum Gasteiger partial charge on any atom is -0.481 e. The van der Waals surface area contributed by atoms with Gasteiger partial charge in [-0.1, -0.05) is 13.8 Å². The third-order valence-corrected chi connectivity index (χ3v) is 4.50. The highest BCUT2D eigenvalue weighted by atomic mass is 16.4. The van der Waals surface area contributed by atoms with Gasteiger partial charge in [0.15, 0.2) is 0 Å².